The van der Waals surface area contributed by atoms with Crippen LogP contribution in [0.3, 0.4) is 0 Å². The van der Waals surface area contributed by atoms with Crippen LogP contribution >= 0.6 is 0 Å². The van der Waals surface area contributed by atoms with E-state index in [2.05, 4.69) is 20.8 Å². The van der Waals surface area contributed by atoms with Gasteiger partial charge in [-0.25, -0.2) is 0 Å². The molecule has 0 saturated heterocycles. The third kappa shape index (κ3) is 45.4. The summed E-state index contributed by atoms with van der Waals surface area (Å²) in [5.74, 6) is 0. The summed E-state index contributed by atoms with van der Waals surface area (Å²) in [6.07, 6.45) is 2.28. The third-order valence-electron chi connectivity index (χ3n) is 0.354. The Hall–Kier alpha value is 0.922. The third-order valence-corrected chi connectivity index (χ3v) is 0.354. The van der Waals surface area contributed by atoms with Crippen LogP contribution in [-0.4, -0.2) is 0 Å². The Morgan fingerprint density at radius 3 is 1.43 bits per heavy atom. The number of rotatable bonds is 1. The zero-order chi connectivity index (χ0) is 5.41. The van der Waals surface area contributed by atoms with Crippen molar-refractivity contribution in [2.45, 2.75) is 26.7 Å². The Labute approximate surface area is 67.9 Å². The van der Waals surface area contributed by atoms with Crippen molar-refractivity contribution >= 4 is 0 Å². The molecular formula is C6H14Cd. The first kappa shape index (κ1) is 15.7. The Morgan fingerprint density at radius 1 is 1.29 bits per heavy atom. The van der Waals surface area contributed by atoms with Gasteiger partial charge in [-0.1, -0.05) is 13.3 Å². The van der Waals surface area contributed by atoms with Gasteiger partial charge in [0, 0.05) is 0 Å². The first-order valence-corrected chi connectivity index (χ1v) is 2.41. The second-order valence-corrected chi connectivity index (χ2v) is 0.854. The smallest absolute Gasteiger partial charge is 0.346 e. The Balaban J connectivity index is -0.0000000480. The fourth-order valence-electron chi connectivity index (χ4n) is 0. The van der Waals surface area contributed by atoms with Crippen molar-refractivity contribution in [2.75, 3.05) is 0 Å². The zero-order valence-corrected chi connectivity index (χ0v) is 9.57. The van der Waals surface area contributed by atoms with Gasteiger partial charge in [-0.15, -0.1) is 0 Å². The molecule has 0 aliphatic carbocycles. The molecule has 7 heavy (non-hydrogen) atoms. The number of unbranched alkanes of at least 4 members (excludes halogenated alkanes) is 1. The van der Waals surface area contributed by atoms with Crippen LogP contribution in [-0.2, 0) is 27.3 Å². The van der Waals surface area contributed by atoms with Gasteiger partial charge in [0.05, 0.1) is 0 Å². The summed E-state index contributed by atoms with van der Waals surface area (Å²) in [7, 11) is 0. The minimum Gasteiger partial charge on any atom is -0.346 e. The van der Waals surface area contributed by atoms with Crippen LogP contribution in [0.2, 0.25) is 0 Å². The Bertz CT molecular complexity index is 6.14. The molecule has 0 saturated carbocycles. The van der Waals surface area contributed by atoms with Crippen LogP contribution in [0.1, 0.15) is 26.7 Å². The summed E-state index contributed by atoms with van der Waals surface area (Å²) >= 11 is 0. The minimum absolute atomic E-state index is 0. The molecule has 0 aliphatic heterocycles. The molecule has 0 aromatic heterocycles. The number of hydrogen-bond acceptors (Lipinski definition) is 0. The predicted octanol–water partition coefficient (Wildman–Crippen LogP) is 2.46. The van der Waals surface area contributed by atoms with Crippen LogP contribution < -0.4 is 0 Å². The topological polar surface area (TPSA) is 0 Å². The van der Waals surface area contributed by atoms with Gasteiger partial charge in [0.2, 0.25) is 0 Å². The van der Waals surface area contributed by atoms with Crippen LogP contribution in [0, 0.1) is 13.8 Å². The van der Waals surface area contributed by atoms with Gasteiger partial charge in [-0.05, 0) is 0 Å². The van der Waals surface area contributed by atoms with E-state index in [0.29, 0.717) is 0 Å². The molecule has 0 aliphatic rings. The van der Waals surface area contributed by atoms with Gasteiger partial charge in [0.1, 0.15) is 0 Å². The molecule has 0 aromatic carbocycles. The molecule has 0 spiro atoms. The normalized spacial score (nSPS) is 5.14. The van der Waals surface area contributed by atoms with Gasteiger partial charge in [0.25, 0.3) is 0 Å². The van der Waals surface area contributed by atoms with Gasteiger partial charge >= 0.3 is 27.3 Å². The largest absolute Gasteiger partial charge is 2.00 e. The number of hydrogen-bond donors (Lipinski definition) is 0. The van der Waals surface area contributed by atoms with Crippen LogP contribution in [0.25, 0.3) is 0 Å². The molecule has 0 aromatic rings. The van der Waals surface area contributed by atoms with Crippen molar-refractivity contribution in [3.63, 3.8) is 0 Å². The summed E-state index contributed by atoms with van der Waals surface area (Å²) in [6.45, 7) is 10.7. The summed E-state index contributed by atoms with van der Waals surface area (Å²) in [5.41, 5.74) is 0. The first-order chi connectivity index (χ1) is 2.91. The van der Waals surface area contributed by atoms with Crippen LogP contribution in [0.15, 0.2) is 0 Å². The van der Waals surface area contributed by atoms with E-state index in [-0.39, 0.29) is 27.3 Å². The summed E-state index contributed by atoms with van der Waals surface area (Å²) in [6, 6.07) is 0. The van der Waals surface area contributed by atoms with Crippen molar-refractivity contribution in [3.8, 4) is 0 Å². The Kier molecular flexibility index (Phi) is 63.6. The van der Waals surface area contributed by atoms with Crippen molar-refractivity contribution in [1.29, 1.82) is 0 Å². The van der Waals surface area contributed by atoms with E-state index in [1.54, 1.807) is 6.92 Å². The predicted molar refractivity (Wildman–Crippen MR) is 31.3 cm³/mol. The molecule has 0 heterocycles. The minimum atomic E-state index is 0. The van der Waals surface area contributed by atoms with Crippen molar-refractivity contribution in [1.82, 2.24) is 0 Å². The maximum Gasteiger partial charge on any atom is 2.00 e. The van der Waals surface area contributed by atoms with E-state index < -0.39 is 0 Å². The van der Waals surface area contributed by atoms with Crippen LogP contribution in [0.4, 0.5) is 0 Å². The monoisotopic (exact) mass is 200 g/mol. The molecule has 0 unspecified atom stereocenters. The second-order valence-electron chi connectivity index (χ2n) is 0.854. The standard InChI is InChI=1S/C4H9.C2H5.Cd/c1-3-4-2;1-2;/h1,3-4H2,2H3;1H2,2H3;/q2*-1;+2. The van der Waals surface area contributed by atoms with E-state index in [0.717, 1.165) is 6.42 Å². The van der Waals surface area contributed by atoms with Crippen molar-refractivity contribution in [3.05, 3.63) is 13.8 Å². The quantitative estimate of drug-likeness (QED) is 0.449. The van der Waals surface area contributed by atoms with Gasteiger partial charge in [0.15, 0.2) is 0 Å². The second kappa shape index (κ2) is 28.4. The molecule has 1 heteroatoms. The molecule has 0 atom stereocenters. The van der Waals surface area contributed by atoms with E-state index in [1.807, 2.05) is 0 Å². The summed E-state index contributed by atoms with van der Waals surface area (Å²) in [4.78, 5) is 0. The maximum atomic E-state index is 3.60. The molecule has 0 radical (unpaired) electrons. The summed E-state index contributed by atoms with van der Waals surface area (Å²) < 4.78 is 0. The van der Waals surface area contributed by atoms with E-state index >= 15 is 0 Å². The van der Waals surface area contributed by atoms with E-state index in [9.17, 15) is 0 Å². The zero-order valence-electron chi connectivity index (χ0n) is 5.54. The molecule has 0 amide bonds. The van der Waals surface area contributed by atoms with E-state index in [1.165, 1.54) is 6.42 Å². The summed E-state index contributed by atoms with van der Waals surface area (Å²) in [5, 5.41) is 0. The van der Waals surface area contributed by atoms with Gasteiger partial charge < -0.3 is 13.8 Å². The maximum absolute atomic E-state index is 3.60. The molecule has 0 rings (SSSR count). The Morgan fingerprint density at radius 2 is 1.43 bits per heavy atom. The van der Waals surface area contributed by atoms with Crippen LogP contribution in [0.5, 0.6) is 0 Å². The van der Waals surface area contributed by atoms with Gasteiger partial charge in [-0.2, -0.15) is 13.3 Å². The molecule has 0 fully saturated rings. The molecule has 40 valence electrons. The fraction of sp³-hybridized carbons (Fsp3) is 0.667. The van der Waals surface area contributed by atoms with Crippen molar-refractivity contribution < 1.29 is 27.3 Å². The first-order valence-electron chi connectivity index (χ1n) is 2.41. The fourth-order valence-corrected chi connectivity index (χ4v) is 0. The molecule has 0 bridgehead atoms. The average Bonchev–Trinajstić information content (AvgIpc) is 1.72. The SMILES string of the molecule is [CH2-]C.[CH2-]CCC.[Cd+2]. The molecule has 0 nitrogen and oxygen atoms in total. The van der Waals surface area contributed by atoms with Gasteiger partial charge in [-0.3, -0.25) is 0 Å². The molecular weight excluding hydrogens is 184 g/mol. The van der Waals surface area contributed by atoms with E-state index in [4.69, 9.17) is 0 Å². The molecule has 0 N–H and O–H groups in total. The average molecular weight is 199 g/mol. The van der Waals surface area contributed by atoms with Crippen molar-refractivity contribution in [2.24, 2.45) is 0 Å².